The van der Waals surface area contributed by atoms with Crippen LogP contribution in [0.4, 0.5) is 0 Å². The summed E-state index contributed by atoms with van der Waals surface area (Å²) in [6, 6.07) is 10.3. The monoisotopic (exact) mass is 315 g/mol. The maximum absolute atomic E-state index is 9.73. The molecule has 23 heavy (non-hydrogen) atoms. The van der Waals surface area contributed by atoms with Crippen molar-refractivity contribution >= 4 is 0 Å². The Bertz CT molecular complexity index is 626. The van der Waals surface area contributed by atoms with E-state index in [0.29, 0.717) is 6.61 Å². The van der Waals surface area contributed by atoms with Gasteiger partial charge in [0.15, 0.2) is 0 Å². The lowest BCUT2D eigenvalue weighted by atomic mass is 9.98. The molecule has 1 fully saturated rings. The van der Waals surface area contributed by atoms with Crippen LogP contribution in [0.1, 0.15) is 35.7 Å². The molecule has 1 aliphatic rings. The normalized spacial score (nSPS) is 22.4. The van der Waals surface area contributed by atoms with Gasteiger partial charge in [-0.05, 0) is 12.5 Å². The quantitative estimate of drug-likeness (QED) is 0.888. The van der Waals surface area contributed by atoms with Crippen molar-refractivity contribution in [1.29, 1.82) is 0 Å². The Morgan fingerprint density at radius 1 is 1.35 bits per heavy atom. The molecule has 0 radical (unpaired) electrons. The Morgan fingerprint density at radius 3 is 2.78 bits per heavy atom. The predicted molar refractivity (Wildman–Crippen MR) is 89.1 cm³/mol. The number of aromatic nitrogens is 2. The summed E-state index contributed by atoms with van der Waals surface area (Å²) in [5.74, 6) is 1.03. The summed E-state index contributed by atoms with van der Waals surface area (Å²) in [5, 5.41) is 9.73. The fourth-order valence-electron chi connectivity index (χ4n) is 3.27. The third-order valence-corrected chi connectivity index (χ3v) is 4.50. The van der Waals surface area contributed by atoms with Crippen molar-refractivity contribution in [1.82, 2.24) is 14.9 Å². The van der Waals surface area contributed by atoms with Crippen molar-refractivity contribution in [2.24, 2.45) is 0 Å². The highest BCUT2D eigenvalue weighted by Crippen LogP contribution is 2.30. The number of aliphatic hydroxyl groups excluding tert-OH is 1. The van der Waals surface area contributed by atoms with Crippen LogP contribution < -0.4 is 0 Å². The molecule has 0 amide bonds. The lowest BCUT2D eigenvalue weighted by molar-refractivity contribution is -0.0963. The Kier molecular flexibility index (Phi) is 5.10. The molecule has 2 N–H and O–H groups in total. The molecule has 2 aromatic rings. The Labute approximate surface area is 137 Å². The average molecular weight is 315 g/mol. The molecular weight excluding hydrogens is 290 g/mol. The van der Waals surface area contributed by atoms with Gasteiger partial charge in [-0.3, -0.25) is 4.90 Å². The molecule has 1 aliphatic heterocycles. The summed E-state index contributed by atoms with van der Waals surface area (Å²) in [7, 11) is 0. The molecule has 1 saturated heterocycles. The third kappa shape index (κ3) is 3.47. The van der Waals surface area contributed by atoms with Crippen LogP contribution >= 0.6 is 0 Å². The molecule has 0 unspecified atom stereocenters. The predicted octanol–water partition coefficient (Wildman–Crippen LogP) is 2.21. The van der Waals surface area contributed by atoms with Crippen molar-refractivity contribution < 1.29 is 9.84 Å². The smallest absolute Gasteiger partial charge is 0.106 e. The van der Waals surface area contributed by atoms with Gasteiger partial charge in [-0.25, -0.2) is 4.98 Å². The largest absolute Gasteiger partial charge is 0.394 e. The fraction of sp³-hybridized carbons (Fsp3) is 0.500. The highest BCUT2D eigenvalue weighted by atomic mass is 16.5. The van der Waals surface area contributed by atoms with Gasteiger partial charge in [0.1, 0.15) is 11.9 Å². The minimum atomic E-state index is -0.198. The summed E-state index contributed by atoms with van der Waals surface area (Å²) in [6.07, 6.45) is 0.710. The SMILES string of the molecule is CCc1nc(CN2CCO[C@H](CO)[C@H]2c2ccccc2)c(C)[nH]1. The minimum Gasteiger partial charge on any atom is -0.394 e. The van der Waals surface area contributed by atoms with E-state index in [1.165, 1.54) is 5.56 Å². The molecule has 1 aromatic carbocycles. The Morgan fingerprint density at radius 2 is 2.13 bits per heavy atom. The molecule has 5 nitrogen and oxygen atoms in total. The lowest BCUT2D eigenvalue weighted by Gasteiger charge is -2.40. The first kappa shape index (κ1) is 16.2. The summed E-state index contributed by atoms with van der Waals surface area (Å²) in [4.78, 5) is 10.4. The summed E-state index contributed by atoms with van der Waals surface area (Å²) >= 11 is 0. The molecule has 0 bridgehead atoms. The summed E-state index contributed by atoms with van der Waals surface area (Å²) in [5.41, 5.74) is 3.39. The number of morpholine rings is 1. The van der Waals surface area contributed by atoms with Crippen molar-refractivity contribution in [2.45, 2.75) is 39.0 Å². The van der Waals surface area contributed by atoms with Crippen LogP contribution in [-0.2, 0) is 17.7 Å². The van der Waals surface area contributed by atoms with E-state index < -0.39 is 0 Å². The van der Waals surface area contributed by atoms with E-state index in [9.17, 15) is 5.11 Å². The molecule has 2 atom stereocenters. The second kappa shape index (κ2) is 7.25. The van der Waals surface area contributed by atoms with E-state index in [4.69, 9.17) is 9.72 Å². The van der Waals surface area contributed by atoms with Gasteiger partial charge in [0.2, 0.25) is 0 Å². The first-order chi connectivity index (χ1) is 11.2. The number of nitrogens with zero attached hydrogens (tertiary/aromatic N) is 2. The zero-order valence-corrected chi connectivity index (χ0v) is 13.8. The van der Waals surface area contributed by atoms with Crippen molar-refractivity contribution in [3.63, 3.8) is 0 Å². The number of benzene rings is 1. The summed E-state index contributed by atoms with van der Waals surface area (Å²) in [6.45, 7) is 6.44. The molecule has 3 rings (SSSR count). The molecule has 0 spiro atoms. The maximum atomic E-state index is 9.73. The van der Waals surface area contributed by atoms with Gasteiger partial charge in [-0.2, -0.15) is 0 Å². The number of aliphatic hydroxyl groups is 1. The van der Waals surface area contributed by atoms with Crippen molar-refractivity contribution in [3.8, 4) is 0 Å². The highest BCUT2D eigenvalue weighted by Gasteiger charge is 2.33. The van der Waals surface area contributed by atoms with E-state index in [-0.39, 0.29) is 18.8 Å². The summed E-state index contributed by atoms with van der Waals surface area (Å²) < 4.78 is 5.80. The number of H-pyrrole nitrogens is 1. The van der Waals surface area contributed by atoms with Gasteiger partial charge >= 0.3 is 0 Å². The van der Waals surface area contributed by atoms with E-state index in [0.717, 1.165) is 36.7 Å². The van der Waals surface area contributed by atoms with Crippen LogP contribution in [0.15, 0.2) is 30.3 Å². The number of nitrogens with one attached hydrogen (secondary N) is 1. The van der Waals surface area contributed by atoms with E-state index in [1.54, 1.807) is 0 Å². The lowest BCUT2D eigenvalue weighted by Crippen LogP contribution is -2.46. The van der Waals surface area contributed by atoms with Gasteiger partial charge < -0.3 is 14.8 Å². The molecule has 124 valence electrons. The van der Waals surface area contributed by atoms with Gasteiger partial charge in [-0.1, -0.05) is 37.3 Å². The topological polar surface area (TPSA) is 61.4 Å². The zero-order chi connectivity index (χ0) is 16.2. The van der Waals surface area contributed by atoms with Crippen LogP contribution in [0.2, 0.25) is 0 Å². The number of hydrogen-bond acceptors (Lipinski definition) is 4. The molecule has 2 heterocycles. The maximum Gasteiger partial charge on any atom is 0.106 e. The molecular formula is C18H25N3O2. The first-order valence-corrected chi connectivity index (χ1v) is 8.28. The van der Waals surface area contributed by atoms with Crippen LogP contribution in [0, 0.1) is 6.92 Å². The number of rotatable bonds is 5. The zero-order valence-electron chi connectivity index (χ0n) is 13.8. The van der Waals surface area contributed by atoms with Crippen molar-refractivity contribution in [2.75, 3.05) is 19.8 Å². The van der Waals surface area contributed by atoms with E-state index in [2.05, 4.69) is 35.9 Å². The standard InChI is InChI=1S/C18H25N3O2/c1-3-17-19-13(2)15(20-17)11-21-9-10-23-16(12-22)18(21)14-7-5-4-6-8-14/h4-8,16,18,22H,3,9-12H2,1-2H3,(H,19,20)/t16-,18-/m1/s1. The number of aromatic amines is 1. The molecule has 0 saturated carbocycles. The molecule has 0 aliphatic carbocycles. The van der Waals surface area contributed by atoms with Gasteiger partial charge in [-0.15, -0.1) is 0 Å². The molecule has 5 heteroatoms. The first-order valence-electron chi connectivity index (χ1n) is 8.28. The van der Waals surface area contributed by atoms with Crippen LogP contribution in [0.3, 0.4) is 0 Å². The highest BCUT2D eigenvalue weighted by molar-refractivity contribution is 5.22. The van der Waals surface area contributed by atoms with Gasteiger partial charge in [0, 0.05) is 25.2 Å². The van der Waals surface area contributed by atoms with Crippen molar-refractivity contribution in [3.05, 3.63) is 53.1 Å². The molecule has 1 aromatic heterocycles. The van der Waals surface area contributed by atoms with Crippen LogP contribution in [0.25, 0.3) is 0 Å². The third-order valence-electron chi connectivity index (χ3n) is 4.50. The van der Waals surface area contributed by atoms with Crippen LogP contribution in [0.5, 0.6) is 0 Å². The number of imidazole rings is 1. The van der Waals surface area contributed by atoms with E-state index >= 15 is 0 Å². The Hall–Kier alpha value is -1.69. The van der Waals surface area contributed by atoms with E-state index in [1.807, 2.05) is 18.2 Å². The number of ether oxygens (including phenoxy) is 1. The fourth-order valence-corrected chi connectivity index (χ4v) is 3.27. The van der Waals surface area contributed by atoms with Crippen LogP contribution in [-0.4, -0.2) is 45.8 Å². The second-order valence-electron chi connectivity index (χ2n) is 6.03. The average Bonchev–Trinajstić information content (AvgIpc) is 2.95. The Balaban J connectivity index is 1.86. The second-order valence-corrected chi connectivity index (χ2v) is 6.03. The van der Waals surface area contributed by atoms with Gasteiger partial charge in [0.25, 0.3) is 0 Å². The van der Waals surface area contributed by atoms with Gasteiger partial charge in [0.05, 0.1) is 24.9 Å². The number of hydrogen-bond donors (Lipinski definition) is 2. The number of aryl methyl sites for hydroxylation is 2. The minimum absolute atomic E-state index is 0.0236.